The second kappa shape index (κ2) is 3.74. The number of halogens is 1. The van der Waals surface area contributed by atoms with Crippen molar-refractivity contribution in [2.45, 2.75) is 0 Å². The average molecular weight is 223 g/mol. The van der Waals surface area contributed by atoms with E-state index in [1.165, 1.54) is 0 Å². The number of aromatic nitrogens is 1. The molecule has 15 heavy (non-hydrogen) atoms. The minimum atomic E-state index is -1.38. The van der Waals surface area contributed by atoms with E-state index in [1.807, 2.05) is 0 Å². The van der Waals surface area contributed by atoms with Gasteiger partial charge in [-0.2, -0.15) is 0 Å². The molecule has 76 valence electrons. The fraction of sp³-hybridized carbons (Fsp3) is 0. The molecule has 0 spiro atoms. The molecule has 0 aliphatic rings. The number of benzene rings is 1. The van der Waals surface area contributed by atoms with Gasteiger partial charge in [0.25, 0.3) is 0 Å². The van der Waals surface area contributed by atoms with Gasteiger partial charge in [-0.1, -0.05) is 23.7 Å². The first-order valence-corrected chi connectivity index (χ1v) is 4.47. The van der Waals surface area contributed by atoms with E-state index in [2.05, 4.69) is 4.98 Å². The van der Waals surface area contributed by atoms with Crippen LogP contribution in [0.3, 0.4) is 0 Å². The summed E-state index contributed by atoms with van der Waals surface area (Å²) in [6.45, 7) is 0. The van der Waals surface area contributed by atoms with Crippen molar-refractivity contribution in [1.29, 1.82) is 0 Å². The van der Waals surface area contributed by atoms with E-state index in [0.29, 0.717) is 10.6 Å². The van der Waals surface area contributed by atoms with E-state index >= 15 is 0 Å². The van der Waals surface area contributed by atoms with Gasteiger partial charge in [-0.3, -0.25) is 0 Å². The minimum absolute atomic E-state index is 0.150. The van der Waals surface area contributed by atoms with E-state index in [1.54, 1.807) is 24.3 Å². The number of carboxylic acids is 1. The zero-order valence-electron chi connectivity index (χ0n) is 7.44. The van der Waals surface area contributed by atoms with Crippen LogP contribution in [0, 0.1) is 0 Å². The van der Waals surface area contributed by atoms with E-state index < -0.39 is 5.97 Å². The summed E-state index contributed by atoms with van der Waals surface area (Å²) < 4.78 is 4.98. The van der Waals surface area contributed by atoms with Gasteiger partial charge in [0.05, 0.1) is 5.97 Å². The van der Waals surface area contributed by atoms with Crippen LogP contribution in [-0.4, -0.2) is 11.0 Å². The van der Waals surface area contributed by atoms with Crippen LogP contribution in [0.25, 0.3) is 11.3 Å². The highest BCUT2D eigenvalue weighted by atomic mass is 35.5. The second-order valence-corrected chi connectivity index (χ2v) is 3.26. The summed E-state index contributed by atoms with van der Waals surface area (Å²) in [6, 6.07) is 6.65. The Balaban J connectivity index is 2.54. The van der Waals surface area contributed by atoms with Gasteiger partial charge in [-0.05, 0) is 12.1 Å². The normalized spacial score (nSPS) is 10.2. The highest BCUT2D eigenvalue weighted by Crippen LogP contribution is 2.25. The van der Waals surface area contributed by atoms with Gasteiger partial charge in [0.2, 0.25) is 0 Å². The molecule has 0 saturated heterocycles. The molecule has 0 atom stereocenters. The quantitative estimate of drug-likeness (QED) is 0.770. The number of hydrogen-bond donors (Lipinski definition) is 0. The predicted octanol–water partition coefficient (Wildman–Crippen LogP) is 1.36. The number of hydrogen-bond acceptors (Lipinski definition) is 4. The van der Waals surface area contributed by atoms with E-state index in [4.69, 9.17) is 16.0 Å². The molecule has 0 aliphatic heterocycles. The molecule has 0 fully saturated rings. The average Bonchev–Trinajstić information content (AvgIpc) is 2.65. The van der Waals surface area contributed by atoms with E-state index in [0.717, 1.165) is 6.39 Å². The van der Waals surface area contributed by atoms with Crippen molar-refractivity contribution in [1.82, 2.24) is 4.98 Å². The maximum Gasteiger partial charge on any atom is 0.182 e. The Morgan fingerprint density at radius 1 is 1.47 bits per heavy atom. The summed E-state index contributed by atoms with van der Waals surface area (Å²) >= 11 is 5.77. The zero-order chi connectivity index (χ0) is 10.8. The monoisotopic (exact) mass is 222 g/mol. The Kier molecular flexibility index (Phi) is 2.43. The van der Waals surface area contributed by atoms with Crippen LogP contribution in [0.2, 0.25) is 5.02 Å². The van der Waals surface area contributed by atoms with Gasteiger partial charge in [0.15, 0.2) is 12.2 Å². The lowest BCUT2D eigenvalue weighted by Crippen LogP contribution is -2.23. The number of nitrogens with zero attached hydrogens (tertiary/aromatic N) is 1. The molecule has 0 radical (unpaired) electrons. The highest BCUT2D eigenvalue weighted by Gasteiger charge is 2.11. The molecular formula is C10H5ClNO3-. The molecule has 1 aromatic carbocycles. The topological polar surface area (TPSA) is 66.2 Å². The van der Waals surface area contributed by atoms with Crippen molar-refractivity contribution in [3.63, 3.8) is 0 Å². The Bertz CT molecular complexity index is 507. The largest absolute Gasteiger partial charge is 0.543 e. The van der Waals surface area contributed by atoms with Gasteiger partial charge in [-0.15, -0.1) is 0 Å². The summed E-state index contributed by atoms with van der Waals surface area (Å²) in [6.07, 6.45) is 1.06. The highest BCUT2D eigenvalue weighted by molar-refractivity contribution is 6.30. The number of carbonyl (C=O) groups is 1. The molecule has 2 rings (SSSR count). The summed E-state index contributed by atoms with van der Waals surface area (Å²) in [4.78, 5) is 14.2. The summed E-state index contributed by atoms with van der Waals surface area (Å²) in [5.41, 5.74) is 0.330. The number of rotatable bonds is 2. The third-order valence-electron chi connectivity index (χ3n) is 1.85. The van der Waals surface area contributed by atoms with Crippen LogP contribution in [0.4, 0.5) is 0 Å². The zero-order valence-corrected chi connectivity index (χ0v) is 8.19. The Morgan fingerprint density at radius 3 is 2.93 bits per heavy atom. The minimum Gasteiger partial charge on any atom is -0.543 e. The molecule has 1 heterocycles. The smallest absolute Gasteiger partial charge is 0.182 e. The van der Waals surface area contributed by atoms with Crippen LogP contribution in [0.5, 0.6) is 0 Å². The van der Waals surface area contributed by atoms with Crippen molar-refractivity contribution in [3.8, 4) is 11.3 Å². The first kappa shape index (κ1) is 9.73. The predicted molar refractivity (Wildman–Crippen MR) is 51.3 cm³/mol. The van der Waals surface area contributed by atoms with Gasteiger partial charge in [0, 0.05) is 10.6 Å². The molecule has 0 N–H and O–H groups in total. The van der Waals surface area contributed by atoms with Crippen molar-refractivity contribution >= 4 is 17.6 Å². The van der Waals surface area contributed by atoms with Crippen molar-refractivity contribution in [3.05, 3.63) is 41.4 Å². The molecule has 0 aliphatic carbocycles. The first-order chi connectivity index (χ1) is 7.18. The molecule has 2 aromatic rings. The fourth-order valence-electron chi connectivity index (χ4n) is 1.23. The maximum absolute atomic E-state index is 10.7. The molecule has 0 unspecified atom stereocenters. The summed E-state index contributed by atoms with van der Waals surface area (Å²) in [7, 11) is 0. The Hall–Kier alpha value is -1.81. The standard InChI is InChI=1S/C10H6ClNO3/c11-7-3-1-2-6(4-7)9-8(10(13)14)12-5-15-9/h1-5H,(H,13,14)/p-1. The number of oxazole rings is 1. The van der Waals surface area contributed by atoms with Crippen LogP contribution in [-0.2, 0) is 0 Å². The number of carbonyl (C=O) groups excluding carboxylic acids is 1. The van der Waals surface area contributed by atoms with Gasteiger partial charge < -0.3 is 14.3 Å². The van der Waals surface area contributed by atoms with Gasteiger partial charge >= 0.3 is 0 Å². The maximum atomic E-state index is 10.7. The Labute approximate surface area is 90.1 Å². The SMILES string of the molecule is O=C([O-])c1ncoc1-c1cccc(Cl)c1. The first-order valence-electron chi connectivity index (χ1n) is 4.09. The molecule has 4 nitrogen and oxygen atoms in total. The molecule has 0 saturated carbocycles. The summed E-state index contributed by atoms with van der Waals surface area (Å²) in [5.74, 6) is -1.23. The molecule has 0 bridgehead atoms. The fourth-order valence-corrected chi connectivity index (χ4v) is 1.42. The van der Waals surface area contributed by atoms with Crippen LogP contribution < -0.4 is 5.11 Å². The van der Waals surface area contributed by atoms with Crippen LogP contribution >= 0.6 is 11.6 Å². The number of carboxylic acid groups (broad SMARTS) is 1. The Morgan fingerprint density at radius 2 is 2.27 bits per heavy atom. The second-order valence-electron chi connectivity index (χ2n) is 2.83. The van der Waals surface area contributed by atoms with Crippen molar-refractivity contribution in [2.24, 2.45) is 0 Å². The van der Waals surface area contributed by atoms with Crippen molar-refractivity contribution in [2.75, 3.05) is 0 Å². The van der Waals surface area contributed by atoms with E-state index in [-0.39, 0.29) is 11.5 Å². The third-order valence-corrected chi connectivity index (χ3v) is 2.08. The van der Waals surface area contributed by atoms with Gasteiger partial charge in [0.1, 0.15) is 5.69 Å². The molecule has 5 heteroatoms. The lowest BCUT2D eigenvalue weighted by atomic mass is 10.1. The van der Waals surface area contributed by atoms with Crippen molar-refractivity contribution < 1.29 is 14.3 Å². The molecule has 0 amide bonds. The third kappa shape index (κ3) is 1.85. The molecular weight excluding hydrogens is 218 g/mol. The van der Waals surface area contributed by atoms with E-state index in [9.17, 15) is 9.90 Å². The van der Waals surface area contributed by atoms with Gasteiger partial charge in [-0.25, -0.2) is 4.98 Å². The van der Waals surface area contributed by atoms with Crippen LogP contribution in [0.1, 0.15) is 10.5 Å². The lowest BCUT2D eigenvalue weighted by molar-refractivity contribution is -0.255. The summed E-state index contributed by atoms with van der Waals surface area (Å²) in [5, 5.41) is 11.2. The van der Waals surface area contributed by atoms with Crippen LogP contribution in [0.15, 0.2) is 35.1 Å². The lowest BCUT2D eigenvalue weighted by Gasteiger charge is -2.01. The molecule has 1 aromatic heterocycles. The number of aromatic carboxylic acids is 1.